The lowest BCUT2D eigenvalue weighted by Crippen LogP contribution is -2.19. The summed E-state index contributed by atoms with van der Waals surface area (Å²) in [5, 5.41) is 16.2. The Hall–Kier alpha value is -5.15. The summed E-state index contributed by atoms with van der Waals surface area (Å²) in [5.41, 5.74) is 15.3. The average Bonchev–Trinajstić information content (AvgIpc) is 3.16. The quantitative estimate of drug-likeness (QED) is 0.133. The van der Waals surface area contributed by atoms with Gasteiger partial charge in [0.1, 0.15) is 5.75 Å². The van der Waals surface area contributed by atoms with Crippen molar-refractivity contribution >= 4 is 5.69 Å². The van der Waals surface area contributed by atoms with Gasteiger partial charge in [-0.05, 0) is 86.2 Å². The van der Waals surface area contributed by atoms with Crippen molar-refractivity contribution in [2.75, 3.05) is 5.32 Å². The maximum atomic E-state index is 12.1. The van der Waals surface area contributed by atoms with E-state index in [1.54, 1.807) is 0 Å². The van der Waals surface area contributed by atoms with Crippen molar-refractivity contribution in [2.24, 2.45) is 0 Å². The van der Waals surface area contributed by atoms with Crippen LogP contribution < -0.4 is 5.32 Å². The molecule has 6 rings (SSSR count). The van der Waals surface area contributed by atoms with Crippen LogP contribution in [0.1, 0.15) is 144 Å². The first-order valence-corrected chi connectivity index (χ1v) is 19.9. The standard InChI is InChI=1S/C51H58N2O/c1-31(2)36-28-37(32(3)4)30-38(29-36)42-24-16-25-46(51(42)54)43-19-12-13-20-44(43)47-26-17-27-48(52-47)50(45-21-14-11-18-39(45)33(5)6)53-49-40(34(7)8)22-15-23-41(49)35(9)10/h11-35,50,53-54H,1-10H3. The van der Waals surface area contributed by atoms with E-state index in [1.807, 2.05) is 18.2 Å². The maximum absolute atomic E-state index is 12.1. The minimum absolute atomic E-state index is 0.187. The predicted octanol–water partition coefficient (Wildman–Crippen LogP) is 14.6. The number of rotatable bonds is 12. The number of phenols is 1. The second-order valence-electron chi connectivity index (χ2n) is 16.4. The first kappa shape index (κ1) is 38.6. The van der Waals surface area contributed by atoms with Gasteiger partial charge in [0, 0.05) is 22.4 Å². The highest BCUT2D eigenvalue weighted by Gasteiger charge is 2.25. The van der Waals surface area contributed by atoms with Gasteiger partial charge >= 0.3 is 0 Å². The van der Waals surface area contributed by atoms with Crippen LogP contribution in [0.4, 0.5) is 5.69 Å². The molecule has 0 aliphatic heterocycles. The van der Waals surface area contributed by atoms with Crippen molar-refractivity contribution in [3.8, 4) is 39.3 Å². The molecule has 54 heavy (non-hydrogen) atoms. The third-order valence-corrected chi connectivity index (χ3v) is 10.8. The number of pyridine rings is 1. The number of nitrogens with zero attached hydrogens (tertiary/aromatic N) is 1. The number of phenolic OH excluding ortho intramolecular Hbond substituents is 1. The van der Waals surface area contributed by atoms with E-state index in [-0.39, 0.29) is 11.8 Å². The molecule has 0 radical (unpaired) electrons. The van der Waals surface area contributed by atoms with Crippen molar-refractivity contribution in [1.29, 1.82) is 0 Å². The molecular formula is C51H58N2O. The van der Waals surface area contributed by atoms with Gasteiger partial charge in [0.15, 0.2) is 0 Å². The van der Waals surface area contributed by atoms with E-state index in [2.05, 4.69) is 178 Å². The number of anilines is 1. The molecule has 2 N–H and O–H groups in total. The van der Waals surface area contributed by atoms with Gasteiger partial charge in [0.05, 0.1) is 17.4 Å². The van der Waals surface area contributed by atoms with Crippen LogP contribution >= 0.6 is 0 Å². The Balaban J connectivity index is 1.50. The Morgan fingerprint density at radius 3 is 1.52 bits per heavy atom. The summed E-state index contributed by atoms with van der Waals surface area (Å²) >= 11 is 0. The van der Waals surface area contributed by atoms with Crippen LogP contribution in [0.3, 0.4) is 0 Å². The van der Waals surface area contributed by atoms with Gasteiger partial charge in [-0.15, -0.1) is 0 Å². The summed E-state index contributed by atoms with van der Waals surface area (Å²) in [6, 6.07) is 42.9. The topological polar surface area (TPSA) is 45.2 Å². The maximum Gasteiger partial charge on any atom is 0.131 e. The minimum Gasteiger partial charge on any atom is -0.507 e. The molecule has 0 fully saturated rings. The molecule has 6 aromatic rings. The molecule has 278 valence electrons. The second kappa shape index (κ2) is 16.5. The zero-order chi connectivity index (χ0) is 38.7. The average molecular weight is 715 g/mol. The number of aromatic nitrogens is 1. The van der Waals surface area contributed by atoms with E-state index in [1.165, 1.54) is 39.1 Å². The third kappa shape index (κ3) is 8.02. The normalized spacial score (nSPS) is 12.4. The summed E-state index contributed by atoms with van der Waals surface area (Å²) in [4.78, 5) is 5.48. The molecule has 1 atom stereocenters. The predicted molar refractivity (Wildman–Crippen MR) is 231 cm³/mol. The molecule has 3 heteroatoms. The molecule has 1 unspecified atom stereocenters. The van der Waals surface area contributed by atoms with E-state index >= 15 is 0 Å². The van der Waals surface area contributed by atoms with Crippen LogP contribution in [-0.4, -0.2) is 10.1 Å². The zero-order valence-electron chi connectivity index (χ0n) is 33.9. The molecule has 1 aromatic heterocycles. The molecule has 0 bridgehead atoms. The molecular weight excluding hydrogens is 657 g/mol. The van der Waals surface area contributed by atoms with Gasteiger partial charge in [0.25, 0.3) is 0 Å². The highest BCUT2D eigenvalue weighted by molar-refractivity contribution is 5.89. The number of benzene rings is 5. The lowest BCUT2D eigenvalue weighted by atomic mass is 9.88. The number of para-hydroxylation sites is 2. The zero-order valence-corrected chi connectivity index (χ0v) is 33.9. The lowest BCUT2D eigenvalue weighted by Gasteiger charge is -2.29. The van der Waals surface area contributed by atoms with Gasteiger partial charge in [-0.1, -0.05) is 178 Å². The Bertz CT molecular complexity index is 2170. The van der Waals surface area contributed by atoms with E-state index in [4.69, 9.17) is 4.98 Å². The summed E-state index contributed by atoms with van der Waals surface area (Å²) in [6.45, 7) is 22.5. The molecule has 0 saturated heterocycles. The molecule has 3 nitrogen and oxygen atoms in total. The summed E-state index contributed by atoms with van der Waals surface area (Å²) in [7, 11) is 0. The van der Waals surface area contributed by atoms with Crippen LogP contribution in [0, 0.1) is 0 Å². The minimum atomic E-state index is -0.187. The van der Waals surface area contributed by atoms with Crippen molar-refractivity contribution < 1.29 is 5.11 Å². The number of hydrogen-bond acceptors (Lipinski definition) is 3. The first-order chi connectivity index (χ1) is 25.8. The molecule has 0 amide bonds. The van der Waals surface area contributed by atoms with E-state index in [0.29, 0.717) is 29.6 Å². The smallest absolute Gasteiger partial charge is 0.131 e. The van der Waals surface area contributed by atoms with Crippen molar-refractivity contribution in [3.05, 3.63) is 160 Å². The SMILES string of the molecule is CC(C)c1cc(-c2cccc(-c3ccccc3-c3cccc(C(Nc4c(C(C)C)cccc4C(C)C)c4ccccc4C(C)C)n3)c2O)cc(C(C)C)c1. The van der Waals surface area contributed by atoms with Crippen molar-refractivity contribution in [1.82, 2.24) is 4.98 Å². The fourth-order valence-corrected chi connectivity index (χ4v) is 7.67. The Kier molecular flexibility index (Phi) is 11.8. The number of hydrogen-bond donors (Lipinski definition) is 2. The molecule has 1 heterocycles. The van der Waals surface area contributed by atoms with E-state index < -0.39 is 0 Å². The molecule has 5 aromatic carbocycles. The Labute approximate surface area is 324 Å². The Morgan fingerprint density at radius 2 is 0.926 bits per heavy atom. The van der Waals surface area contributed by atoms with E-state index in [0.717, 1.165) is 39.2 Å². The summed E-state index contributed by atoms with van der Waals surface area (Å²) < 4.78 is 0. The molecule has 0 spiro atoms. The highest BCUT2D eigenvalue weighted by Crippen LogP contribution is 2.44. The van der Waals surface area contributed by atoms with Crippen LogP contribution in [-0.2, 0) is 0 Å². The third-order valence-electron chi connectivity index (χ3n) is 10.8. The fraction of sp³-hybridized carbons (Fsp3) is 0.314. The second-order valence-corrected chi connectivity index (χ2v) is 16.4. The molecule has 0 saturated carbocycles. The summed E-state index contributed by atoms with van der Waals surface area (Å²) in [6.07, 6.45) is 0. The van der Waals surface area contributed by atoms with Crippen LogP contribution in [0.15, 0.2) is 121 Å². The first-order valence-electron chi connectivity index (χ1n) is 19.9. The largest absolute Gasteiger partial charge is 0.507 e. The Morgan fingerprint density at radius 1 is 0.444 bits per heavy atom. The highest BCUT2D eigenvalue weighted by atomic mass is 16.3. The number of aromatic hydroxyl groups is 1. The van der Waals surface area contributed by atoms with Crippen LogP contribution in [0.25, 0.3) is 33.5 Å². The van der Waals surface area contributed by atoms with Gasteiger partial charge < -0.3 is 10.4 Å². The van der Waals surface area contributed by atoms with Gasteiger partial charge in [0.2, 0.25) is 0 Å². The van der Waals surface area contributed by atoms with Gasteiger partial charge in [-0.2, -0.15) is 0 Å². The van der Waals surface area contributed by atoms with Crippen molar-refractivity contribution in [3.63, 3.8) is 0 Å². The lowest BCUT2D eigenvalue weighted by molar-refractivity contribution is 0.479. The van der Waals surface area contributed by atoms with Crippen molar-refractivity contribution in [2.45, 2.75) is 105 Å². The van der Waals surface area contributed by atoms with Gasteiger partial charge in [-0.25, -0.2) is 0 Å². The summed E-state index contributed by atoms with van der Waals surface area (Å²) in [5.74, 6) is 2.10. The van der Waals surface area contributed by atoms with Crippen LogP contribution in [0.5, 0.6) is 5.75 Å². The monoisotopic (exact) mass is 714 g/mol. The van der Waals surface area contributed by atoms with Gasteiger partial charge in [-0.3, -0.25) is 4.98 Å². The molecule has 0 aliphatic carbocycles. The molecule has 0 aliphatic rings. The van der Waals surface area contributed by atoms with E-state index in [9.17, 15) is 5.11 Å². The fourth-order valence-electron chi connectivity index (χ4n) is 7.67. The van der Waals surface area contributed by atoms with Crippen LogP contribution in [0.2, 0.25) is 0 Å². The number of nitrogens with one attached hydrogen (secondary N) is 1.